The van der Waals surface area contributed by atoms with E-state index in [9.17, 15) is 14.0 Å². The van der Waals surface area contributed by atoms with E-state index in [-0.39, 0.29) is 31.4 Å². The first-order chi connectivity index (χ1) is 8.54. The van der Waals surface area contributed by atoms with Gasteiger partial charge in [0.25, 0.3) is 0 Å². The first-order valence-corrected chi connectivity index (χ1v) is 5.55. The van der Waals surface area contributed by atoms with E-state index in [1.54, 1.807) is 12.1 Å². The molecule has 0 atom stereocenters. The molecule has 3 amide bonds. The van der Waals surface area contributed by atoms with Crippen molar-refractivity contribution in [2.24, 2.45) is 5.73 Å². The fourth-order valence-electron chi connectivity index (χ4n) is 1.45. The maximum Gasteiger partial charge on any atom is 0.324 e. The lowest BCUT2D eigenvalue weighted by Crippen LogP contribution is -2.44. The van der Waals surface area contributed by atoms with Crippen LogP contribution < -0.4 is 11.1 Å². The molecule has 0 unspecified atom stereocenters. The summed E-state index contributed by atoms with van der Waals surface area (Å²) in [6.45, 7) is 1.81. The van der Waals surface area contributed by atoms with Crippen molar-refractivity contribution in [1.29, 1.82) is 0 Å². The molecule has 0 saturated heterocycles. The zero-order valence-electron chi connectivity index (χ0n) is 10.1. The molecule has 0 aromatic heterocycles. The topological polar surface area (TPSA) is 75.4 Å². The van der Waals surface area contributed by atoms with Crippen LogP contribution >= 0.6 is 0 Å². The van der Waals surface area contributed by atoms with Crippen LogP contribution in [0.15, 0.2) is 24.3 Å². The number of urea groups is 1. The zero-order valence-corrected chi connectivity index (χ0v) is 10.1. The van der Waals surface area contributed by atoms with E-state index < -0.39 is 6.03 Å². The normalized spacial score (nSPS) is 9.94. The SMILES string of the molecule is CC(=O)N(CCN)C(=O)NCc1cccc(F)c1. The number of nitrogens with two attached hydrogens (primary N) is 1. The number of nitrogens with zero attached hydrogens (tertiary/aromatic N) is 1. The van der Waals surface area contributed by atoms with Gasteiger partial charge in [0.1, 0.15) is 5.82 Å². The Balaban J connectivity index is 2.56. The molecule has 0 radical (unpaired) electrons. The molecule has 0 fully saturated rings. The summed E-state index contributed by atoms with van der Waals surface area (Å²) in [5.41, 5.74) is 5.93. The van der Waals surface area contributed by atoms with Gasteiger partial charge in [-0.3, -0.25) is 9.69 Å². The van der Waals surface area contributed by atoms with Crippen LogP contribution in [0.3, 0.4) is 0 Å². The first-order valence-electron chi connectivity index (χ1n) is 5.55. The summed E-state index contributed by atoms with van der Waals surface area (Å²) in [6, 6.07) is 5.35. The Hall–Kier alpha value is -1.95. The molecule has 1 aromatic rings. The third-order valence-electron chi connectivity index (χ3n) is 2.31. The van der Waals surface area contributed by atoms with Crippen molar-refractivity contribution in [2.45, 2.75) is 13.5 Å². The van der Waals surface area contributed by atoms with Crippen molar-refractivity contribution < 1.29 is 14.0 Å². The fourth-order valence-corrected chi connectivity index (χ4v) is 1.45. The van der Waals surface area contributed by atoms with Crippen molar-refractivity contribution in [3.05, 3.63) is 35.6 Å². The lowest BCUT2D eigenvalue weighted by atomic mass is 10.2. The van der Waals surface area contributed by atoms with Gasteiger partial charge in [-0.15, -0.1) is 0 Å². The van der Waals surface area contributed by atoms with E-state index in [0.717, 1.165) is 4.90 Å². The summed E-state index contributed by atoms with van der Waals surface area (Å²) < 4.78 is 12.9. The van der Waals surface area contributed by atoms with Crippen molar-refractivity contribution in [2.75, 3.05) is 13.1 Å². The Morgan fingerprint density at radius 3 is 2.72 bits per heavy atom. The number of imide groups is 1. The molecule has 3 N–H and O–H groups in total. The molecule has 1 aromatic carbocycles. The van der Waals surface area contributed by atoms with Gasteiger partial charge in [0, 0.05) is 26.6 Å². The Morgan fingerprint density at radius 1 is 1.44 bits per heavy atom. The van der Waals surface area contributed by atoms with E-state index >= 15 is 0 Å². The number of nitrogens with one attached hydrogen (secondary N) is 1. The van der Waals surface area contributed by atoms with Gasteiger partial charge < -0.3 is 11.1 Å². The summed E-state index contributed by atoms with van der Waals surface area (Å²) >= 11 is 0. The number of amides is 3. The summed E-state index contributed by atoms with van der Waals surface area (Å²) in [4.78, 5) is 23.9. The van der Waals surface area contributed by atoms with Crippen molar-refractivity contribution in [3.63, 3.8) is 0 Å². The number of carbonyl (C=O) groups is 2. The second-order valence-electron chi connectivity index (χ2n) is 3.75. The quantitative estimate of drug-likeness (QED) is 0.835. The second-order valence-corrected chi connectivity index (χ2v) is 3.75. The van der Waals surface area contributed by atoms with Crippen LogP contribution in [0.1, 0.15) is 12.5 Å². The van der Waals surface area contributed by atoms with Gasteiger partial charge >= 0.3 is 6.03 Å². The second kappa shape index (κ2) is 6.70. The van der Waals surface area contributed by atoms with Crippen LogP contribution in [-0.2, 0) is 11.3 Å². The summed E-state index contributed by atoms with van der Waals surface area (Å²) in [6.07, 6.45) is 0. The van der Waals surface area contributed by atoms with Gasteiger partial charge in [-0.1, -0.05) is 12.1 Å². The highest BCUT2D eigenvalue weighted by Gasteiger charge is 2.16. The molecule has 18 heavy (non-hydrogen) atoms. The van der Waals surface area contributed by atoms with E-state index in [0.29, 0.717) is 5.56 Å². The predicted molar refractivity (Wildman–Crippen MR) is 65.1 cm³/mol. The van der Waals surface area contributed by atoms with Crippen molar-refractivity contribution in [1.82, 2.24) is 10.2 Å². The van der Waals surface area contributed by atoms with Gasteiger partial charge in [0.2, 0.25) is 5.91 Å². The molecule has 0 aliphatic rings. The highest BCUT2D eigenvalue weighted by atomic mass is 19.1. The number of hydrogen-bond donors (Lipinski definition) is 2. The monoisotopic (exact) mass is 253 g/mol. The van der Waals surface area contributed by atoms with Crippen molar-refractivity contribution >= 4 is 11.9 Å². The number of carbonyl (C=O) groups excluding carboxylic acids is 2. The van der Waals surface area contributed by atoms with Gasteiger partial charge in [0.05, 0.1) is 0 Å². The number of benzene rings is 1. The molecule has 0 aliphatic heterocycles. The largest absolute Gasteiger partial charge is 0.334 e. The van der Waals surface area contributed by atoms with Gasteiger partial charge in [-0.2, -0.15) is 0 Å². The minimum atomic E-state index is -0.530. The average molecular weight is 253 g/mol. The molecule has 6 heteroatoms. The molecule has 0 heterocycles. The third kappa shape index (κ3) is 4.14. The minimum absolute atomic E-state index is 0.157. The van der Waals surface area contributed by atoms with Crippen LogP contribution in [0.5, 0.6) is 0 Å². The Morgan fingerprint density at radius 2 is 2.17 bits per heavy atom. The molecule has 1 rings (SSSR count). The van der Waals surface area contributed by atoms with Crippen LogP contribution in [0.25, 0.3) is 0 Å². The van der Waals surface area contributed by atoms with E-state index in [1.165, 1.54) is 19.1 Å². The summed E-state index contributed by atoms with van der Waals surface area (Å²) in [5, 5.41) is 2.54. The molecule has 98 valence electrons. The van der Waals surface area contributed by atoms with Crippen LogP contribution in [-0.4, -0.2) is 29.9 Å². The molecule has 0 spiro atoms. The third-order valence-corrected chi connectivity index (χ3v) is 2.31. The van der Waals surface area contributed by atoms with Crippen molar-refractivity contribution in [3.8, 4) is 0 Å². The van der Waals surface area contributed by atoms with Gasteiger partial charge in [-0.05, 0) is 17.7 Å². The minimum Gasteiger partial charge on any atom is -0.334 e. The molecule has 5 nitrogen and oxygen atoms in total. The van der Waals surface area contributed by atoms with Crippen LogP contribution in [0.2, 0.25) is 0 Å². The maximum atomic E-state index is 12.9. The number of halogens is 1. The van der Waals surface area contributed by atoms with Gasteiger partial charge in [-0.25, -0.2) is 9.18 Å². The van der Waals surface area contributed by atoms with E-state index in [2.05, 4.69) is 5.32 Å². The molecular weight excluding hydrogens is 237 g/mol. The Kier molecular flexibility index (Phi) is 5.26. The lowest BCUT2D eigenvalue weighted by molar-refractivity contribution is -0.125. The average Bonchev–Trinajstić information content (AvgIpc) is 2.32. The fraction of sp³-hybridized carbons (Fsp3) is 0.333. The summed E-state index contributed by atoms with van der Waals surface area (Å²) in [7, 11) is 0. The zero-order chi connectivity index (χ0) is 13.5. The van der Waals surface area contributed by atoms with E-state index in [4.69, 9.17) is 5.73 Å². The predicted octanol–water partition coefficient (Wildman–Crippen LogP) is 0.843. The molecular formula is C12H16FN3O2. The van der Waals surface area contributed by atoms with Crippen LogP contribution in [0, 0.1) is 5.82 Å². The number of rotatable bonds is 4. The number of hydrogen-bond acceptors (Lipinski definition) is 3. The van der Waals surface area contributed by atoms with E-state index in [1.807, 2.05) is 0 Å². The Labute approximate surface area is 105 Å². The smallest absolute Gasteiger partial charge is 0.324 e. The Bertz CT molecular complexity index is 437. The lowest BCUT2D eigenvalue weighted by Gasteiger charge is -2.18. The standard InChI is InChI=1S/C12H16FN3O2/c1-9(17)16(6-5-14)12(18)15-8-10-3-2-4-11(13)7-10/h2-4,7H,5-6,8,14H2,1H3,(H,15,18). The maximum absolute atomic E-state index is 12.9. The molecule has 0 aliphatic carbocycles. The molecule has 0 bridgehead atoms. The molecule has 0 saturated carbocycles. The highest BCUT2D eigenvalue weighted by Crippen LogP contribution is 2.03. The highest BCUT2D eigenvalue weighted by molar-refractivity contribution is 5.93. The summed E-state index contributed by atoms with van der Waals surface area (Å²) in [5.74, 6) is -0.746. The van der Waals surface area contributed by atoms with Gasteiger partial charge in [0.15, 0.2) is 0 Å². The first kappa shape index (κ1) is 14.1. The van der Waals surface area contributed by atoms with Crippen LogP contribution in [0.4, 0.5) is 9.18 Å².